The molecule has 0 aliphatic rings. The first kappa shape index (κ1) is 19.3. The van der Waals surface area contributed by atoms with E-state index in [1.54, 1.807) is 47.3 Å². The standard InChI is InChI=1S/C21H20FN3O3/c1-15-10-13-24-25(15)19-8-4-17(5-9-19)21(27)28-14-20(26)23-12-11-16-2-6-18(22)7-3-16/h2-10,13H,11-12,14H2,1H3,(H,23,26). The molecular weight excluding hydrogens is 361 g/mol. The van der Waals surface area contributed by atoms with Crippen LogP contribution in [-0.4, -0.2) is 34.8 Å². The van der Waals surface area contributed by atoms with Crippen LogP contribution in [0.1, 0.15) is 21.6 Å². The van der Waals surface area contributed by atoms with Crippen molar-refractivity contribution in [3.8, 4) is 5.69 Å². The Morgan fingerprint density at radius 3 is 2.43 bits per heavy atom. The van der Waals surface area contributed by atoms with Gasteiger partial charge in [0.25, 0.3) is 5.91 Å². The lowest BCUT2D eigenvalue weighted by molar-refractivity contribution is -0.124. The molecular formula is C21H20FN3O3. The van der Waals surface area contributed by atoms with Gasteiger partial charge in [-0.3, -0.25) is 4.79 Å². The number of ether oxygens (including phenoxy) is 1. The molecule has 7 heteroatoms. The summed E-state index contributed by atoms with van der Waals surface area (Å²) in [6.45, 7) is 1.95. The number of nitrogens with one attached hydrogen (secondary N) is 1. The Labute approximate surface area is 161 Å². The molecule has 0 bridgehead atoms. The number of nitrogens with zero attached hydrogens (tertiary/aromatic N) is 2. The Bertz CT molecular complexity index is 950. The van der Waals surface area contributed by atoms with Crippen LogP contribution in [0, 0.1) is 12.7 Å². The van der Waals surface area contributed by atoms with Crippen LogP contribution in [0.2, 0.25) is 0 Å². The van der Waals surface area contributed by atoms with Gasteiger partial charge in [0.1, 0.15) is 5.82 Å². The molecule has 3 aromatic rings. The van der Waals surface area contributed by atoms with Crippen molar-refractivity contribution < 1.29 is 18.7 Å². The van der Waals surface area contributed by atoms with Crippen molar-refractivity contribution >= 4 is 11.9 Å². The average molecular weight is 381 g/mol. The third-order valence-corrected chi connectivity index (χ3v) is 4.16. The van der Waals surface area contributed by atoms with E-state index in [0.29, 0.717) is 18.5 Å². The van der Waals surface area contributed by atoms with E-state index in [9.17, 15) is 14.0 Å². The molecule has 3 rings (SSSR count). The van der Waals surface area contributed by atoms with Crippen molar-refractivity contribution in [3.05, 3.63) is 83.4 Å². The van der Waals surface area contributed by atoms with E-state index in [1.807, 2.05) is 13.0 Å². The Hall–Kier alpha value is -3.48. The highest BCUT2D eigenvalue weighted by Crippen LogP contribution is 2.12. The van der Waals surface area contributed by atoms with E-state index < -0.39 is 5.97 Å². The molecule has 0 atom stereocenters. The highest BCUT2D eigenvalue weighted by Gasteiger charge is 2.11. The summed E-state index contributed by atoms with van der Waals surface area (Å²) < 4.78 is 19.6. The maximum absolute atomic E-state index is 12.8. The van der Waals surface area contributed by atoms with Crippen LogP contribution in [0.15, 0.2) is 60.8 Å². The second-order valence-corrected chi connectivity index (χ2v) is 6.23. The number of benzene rings is 2. The summed E-state index contributed by atoms with van der Waals surface area (Å²) in [5.41, 5.74) is 3.07. The van der Waals surface area contributed by atoms with E-state index in [-0.39, 0.29) is 18.3 Å². The largest absolute Gasteiger partial charge is 0.452 e. The molecule has 6 nitrogen and oxygen atoms in total. The maximum Gasteiger partial charge on any atom is 0.338 e. The van der Waals surface area contributed by atoms with Crippen molar-refractivity contribution in [2.24, 2.45) is 0 Å². The van der Waals surface area contributed by atoms with E-state index in [1.165, 1.54) is 12.1 Å². The van der Waals surface area contributed by atoms with Gasteiger partial charge in [-0.2, -0.15) is 5.10 Å². The van der Waals surface area contributed by atoms with Crippen molar-refractivity contribution in [3.63, 3.8) is 0 Å². The summed E-state index contributed by atoms with van der Waals surface area (Å²) in [6, 6.07) is 14.7. The molecule has 1 heterocycles. The van der Waals surface area contributed by atoms with Crippen LogP contribution >= 0.6 is 0 Å². The molecule has 0 aliphatic carbocycles. The van der Waals surface area contributed by atoms with E-state index in [2.05, 4.69) is 10.4 Å². The molecule has 0 saturated carbocycles. The second kappa shape index (κ2) is 8.94. The highest BCUT2D eigenvalue weighted by molar-refractivity contribution is 5.91. The molecule has 0 saturated heterocycles. The van der Waals surface area contributed by atoms with Crippen LogP contribution in [0.4, 0.5) is 4.39 Å². The SMILES string of the molecule is Cc1ccnn1-c1ccc(C(=O)OCC(=O)NCCc2ccc(F)cc2)cc1. The molecule has 144 valence electrons. The molecule has 0 aliphatic heterocycles. The zero-order valence-corrected chi connectivity index (χ0v) is 15.4. The number of esters is 1. The zero-order valence-electron chi connectivity index (χ0n) is 15.4. The number of aromatic nitrogens is 2. The number of amides is 1. The van der Waals surface area contributed by atoms with Crippen LogP contribution in [0.3, 0.4) is 0 Å². The number of halogens is 1. The summed E-state index contributed by atoms with van der Waals surface area (Å²) in [5.74, 6) is -1.26. The molecule has 0 fully saturated rings. The molecule has 1 aromatic heterocycles. The fourth-order valence-electron chi connectivity index (χ4n) is 2.64. The van der Waals surface area contributed by atoms with Crippen LogP contribution < -0.4 is 5.32 Å². The highest BCUT2D eigenvalue weighted by atomic mass is 19.1. The Morgan fingerprint density at radius 1 is 1.07 bits per heavy atom. The first-order chi connectivity index (χ1) is 13.5. The Kier molecular flexibility index (Phi) is 6.16. The Balaban J connectivity index is 1.43. The van der Waals surface area contributed by atoms with Gasteiger partial charge in [0.2, 0.25) is 0 Å². The zero-order chi connectivity index (χ0) is 19.9. The van der Waals surface area contributed by atoms with E-state index in [0.717, 1.165) is 16.9 Å². The smallest absolute Gasteiger partial charge is 0.338 e. The monoisotopic (exact) mass is 381 g/mol. The number of carbonyl (C=O) groups is 2. The second-order valence-electron chi connectivity index (χ2n) is 6.23. The van der Waals surface area contributed by atoms with Gasteiger partial charge in [-0.05, 0) is 61.4 Å². The minimum absolute atomic E-state index is 0.299. The number of aryl methyl sites for hydroxylation is 1. The molecule has 0 spiro atoms. The van der Waals surface area contributed by atoms with Gasteiger partial charge in [-0.15, -0.1) is 0 Å². The summed E-state index contributed by atoms with van der Waals surface area (Å²) in [5, 5.41) is 6.87. The number of hydrogen-bond donors (Lipinski definition) is 1. The van der Waals surface area contributed by atoms with Crippen molar-refractivity contribution in [1.82, 2.24) is 15.1 Å². The van der Waals surface area contributed by atoms with Crippen LogP contribution in [-0.2, 0) is 16.0 Å². The van der Waals surface area contributed by atoms with Gasteiger partial charge in [-0.25, -0.2) is 13.9 Å². The minimum Gasteiger partial charge on any atom is -0.452 e. The lowest BCUT2D eigenvalue weighted by Gasteiger charge is -2.08. The quantitative estimate of drug-likeness (QED) is 0.639. The fraction of sp³-hybridized carbons (Fsp3) is 0.190. The lowest BCUT2D eigenvalue weighted by Crippen LogP contribution is -2.30. The molecule has 2 aromatic carbocycles. The number of carbonyl (C=O) groups excluding carboxylic acids is 2. The summed E-state index contributed by atoms with van der Waals surface area (Å²) >= 11 is 0. The van der Waals surface area contributed by atoms with E-state index >= 15 is 0 Å². The lowest BCUT2D eigenvalue weighted by atomic mass is 10.1. The number of hydrogen-bond acceptors (Lipinski definition) is 4. The first-order valence-corrected chi connectivity index (χ1v) is 8.82. The Morgan fingerprint density at radius 2 is 1.79 bits per heavy atom. The maximum atomic E-state index is 12.8. The summed E-state index contributed by atoms with van der Waals surface area (Å²) in [7, 11) is 0. The first-order valence-electron chi connectivity index (χ1n) is 8.82. The third kappa shape index (κ3) is 5.03. The molecule has 1 amide bonds. The molecule has 28 heavy (non-hydrogen) atoms. The number of rotatable bonds is 7. The van der Waals surface area contributed by atoms with Gasteiger partial charge < -0.3 is 10.1 Å². The van der Waals surface area contributed by atoms with Crippen molar-refractivity contribution in [2.45, 2.75) is 13.3 Å². The van der Waals surface area contributed by atoms with Gasteiger partial charge in [0.15, 0.2) is 6.61 Å². The van der Waals surface area contributed by atoms with Crippen molar-refractivity contribution in [2.75, 3.05) is 13.2 Å². The van der Waals surface area contributed by atoms with Crippen molar-refractivity contribution in [1.29, 1.82) is 0 Å². The third-order valence-electron chi connectivity index (χ3n) is 4.16. The van der Waals surface area contributed by atoms with Gasteiger partial charge in [0, 0.05) is 18.4 Å². The van der Waals surface area contributed by atoms with Crippen LogP contribution in [0.5, 0.6) is 0 Å². The predicted molar refractivity (Wildman–Crippen MR) is 102 cm³/mol. The average Bonchev–Trinajstić information content (AvgIpc) is 3.13. The van der Waals surface area contributed by atoms with Gasteiger partial charge >= 0.3 is 5.97 Å². The molecule has 0 radical (unpaired) electrons. The van der Waals surface area contributed by atoms with Gasteiger partial charge in [0.05, 0.1) is 11.3 Å². The fourth-order valence-corrected chi connectivity index (χ4v) is 2.64. The van der Waals surface area contributed by atoms with Crippen LogP contribution in [0.25, 0.3) is 5.69 Å². The summed E-state index contributed by atoms with van der Waals surface area (Å²) in [4.78, 5) is 23.9. The van der Waals surface area contributed by atoms with E-state index in [4.69, 9.17) is 4.74 Å². The minimum atomic E-state index is -0.572. The predicted octanol–water partition coefficient (Wildman–Crippen LogP) is 2.84. The normalized spacial score (nSPS) is 10.5. The van der Waals surface area contributed by atoms with Gasteiger partial charge in [-0.1, -0.05) is 12.1 Å². The molecule has 0 unspecified atom stereocenters. The topological polar surface area (TPSA) is 73.2 Å². The summed E-state index contributed by atoms with van der Waals surface area (Å²) in [6.07, 6.45) is 2.26. The molecule has 1 N–H and O–H groups in total.